The van der Waals surface area contributed by atoms with Gasteiger partial charge in [0.1, 0.15) is 23.0 Å². The summed E-state index contributed by atoms with van der Waals surface area (Å²) in [6.07, 6.45) is -6.07. The van der Waals surface area contributed by atoms with Crippen LogP contribution >= 0.6 is 35.2 Å². The number of halogens is 2. The first-order chi connectivity index (χ1) is 13.9. The van der Waals surface area contributed by atoms with E-state index < -0.39 is 65.3 Å². The van der Waals surface area contributed by atoms with Crippen molar-refractivity contribution >= 4 is 35.2 Å². The highest BCUT2D eigenvalue weighted by Gasteiger charge is 2.49. The summed E-state index contributed by atoms with van der Waals surface area (Å²) in [7, 11) is -20.6. The standard InChI is InChI=1S/C10H15F2N2O13P3S/c11-10(12,28(18,19)20)29(21,22)27-30(23,24)25-3-4-6(15)7(16)8(26-4)14-2-1-5(31)13-9(14)17/h1-2,4,6-8,15-16H,3H2,(H,21,22)(H,23,24)(H,13,17,31)(H2,18,19,20)/p-4/t4-,6-,7-,8?/m1/s1. The van der Waals surface area contributed by atoms with Crippen molar-refractivity contribution in [3.8, 4) is 0 Å². The second kappa shape index (κ2) is 8.91. The number of aromatic nitrogens is 2. The summed E-state index contributed by atoms with van der Waals surface area (Å²) in [5.41, 5.74) is -0.891. The minimum Gasteiger partial charge on any atom is -0.806 e. The van der Waals surface area contributed by atoms with Gasteiger partial charge in [-0.05, 0) is 6.07 Å². The largest absolute Gasteiger partial charge is 0.806 e. The number of nitrogens with one attached hydrogen (secondary N) is 1. The van der Waals surface area contributed by atoms with Gasteiger partial charge in [0.15, 0.2) is 6.23 Å². The molecule has 0 spiro atoms. The molecule has 6 atom stereocenters. The van der Waals surface area contributed by atoms with E-state index in [1.807, 2.05) is 0 Å². The molecule has 0 saturated carbocycles. The van der Waals surface area contributed by atoms with Crippen LogP contribution in [0, 0.1) is 4.64 Å². The van der Waals surface area contributed by atoms with E-state index in [0.29, 0.717) is 0 Å². The minimum absolute atomic E-state index is 0.0122. The molecule has 21 heteroatoms. The van der Waals surface area contributed by atoms with Crippen molar-refractivity contribution in [3.05, 3.63) is 27.4 Å². The van der Waals surface area contributed by atoms with Crippen LogP contribution in [-0.4, -0.2) is 50.1 Å². The number of phosphoric ester groups is 1. The van der Waals surface area contributed by atoms with Gasteiger partial charge in [0.05, 0.1) is 6.61 Å². The zero-order valence-corrected chi connectivity index (χ0v) is 18.0. The molecule has 1 aliphatic heterocycles. The zero-order chi connectivity index (χ0) is 24.0. The molecule has 1 aliphatic rings. The second-order valence-corrected chi connectivity index (χ2v) is 11.6. The number of aromatic amines is 1. The van der Waals surface area contributed by atoms with Crippen molar-refractivity contribution in [3.63, 3.8) is 0 Å². The number of aliphatic hydroxyl groups excluding tert-OH is 2. The summed E-state index contributed by atoms with van der Waals surface area (Å²) >= 11 is 4.70. The third-order valence-electron chi connectivity index (χ3n) is 3.73. The average molecular weight is 530 g/mol. The summed E-state index contributed by atoms with van der Waals surface area (Å²) in [5, 5.41) is 13.8. The summed E-state index contributed by atoms with van der Waals surface area (Å²) in [6.45, 7) is -1.33. The van der Waals surface area contributed by atoms with E-state index >= 15 is 0 Å². The topological polar surface area (TPSA) is 249 Å². The van der Waals surface area contributed by atoms with Crippen molar-refractivity contribution in [2.45, 2.75) is 29.9 Å². The molecule has 0 amide bonds. The van der Waals surface area contributed by atoms with Crippen LogP contribution in [0.2, 0.25) is 0 Å². The van der Waals surface area contributed by atoms with Crippen molar-refractivity contribution in [1.29, 1.82) is 0 Å². The number of ether oxygens (including phenoxy) is 1. The number of rotatable bonds is 8. The Kier molecular flexibility index (Phi) is 7.63. The van der Waals surface area contributed by atoms with E-state index in [1.54, 1.807) is 0 Å². The number of H-pyrrole nitrogens is 1. The average Bonchev–Trinajstić information content (AvgIpc) is 2.86. The van der Waals surface area contributed by atoms with Crippen molar-refractivity contribution in [1.82, 2.24) is 9.55 Å². The highest BCUT2D eigenvalue weighted by atomic mass is 32.1. The summed E-state index contributed by atoms with van der Waals surface area (Å²) < 4.78 is 72.2. The molecule has 31 heavy (non-hydrogen) atoms. The molecule has 0 bridgehead atoms. The fourth-order valence-electron chi connectivity index (χ4n) is 2.24. The van der Waals surface area contributed by atoms with Crippen LogP contribution in [0.4, 0.5) is 8.78 Å². The van der Waals surface area contributed by atoms with E-state index in [0.717, 1.165) is 10.8 Å². The molecule has 1 saturated heterocycles. The second-order valence-electron chi connectivity index (χ2n) is 5.89. The predicted octanol–water partition coefficient (Wildman–Crippen LogP) is -2.96. The van der Waals surface area contributed by atoms with Crippen LogP contribution in [0.3, 0.4) is 0 Å². The monoisotopic (exact) mass is 530 g/mol. The molecule has 0 radical (unpaired) electrons. The summed E-state index contributed by atoms with van der Waals surface area (Å²) in [6, 6.07) is 1.21. The highest BCUT2D eigenvalue weighted by Crippen LogP contribution is 2.72. The Hall–Kier alpha value is -0.710. The van der Waals surface area contributed by atoms with Crippen molar-refractivity contribution in [2.24, 2.45) is 0 Å². The molecule has 2 rings (SSSR count). The van der Waals surface area contributed by atoms with E-state index in [1.165, 1.54) is 6.07 Å². The van der Waals surface area contributed by atoms with E-state index in [2.05, 4.69) is 13.8 Å². The van der Waals surface area contributed by atoms with Gasteiger partial charge in [0, 0.05) is 13.8 Å². The fraction of sp³-hybridized carbons (Fsp3) is 0.600. The normalized spacial score (nSPS) is 28.8. The lowest BCUT2D eigenvalue weighted by Gasteiger charge is -2.45. The molecule has 1 fully saturated rings. The molecular weight excluding hydrogens is 519 g/mol. The zero-order valence-electron chi connectivity index (χ0n) is 14.5. The third kappa shape index (κ3) is 5.62. The van der Waals surface area contributed by atoms with Gasteiger partial charge in [-0.15, -0.1) is 0 Å². The molecule has 0 aromatic carbocycles. The van der Waals surface area contributed by atoms with Crippen LogP contribution in [0.15, 0.2) is 17.1 Å². The maximum atomic E-state index is 13.2. The number of hydrogen-bond acceptors (Lipinski definition) is 14. The van der Waals surface area contributed by atoms with Crippen LogP contribution in [0.1, 0.15) is 6.23 Å². The maximum Gasteiger partial charge on any atom is 0.332 e. The lowest BCUT2D eigenvalue weighted by atomic mass is 10.1. The van der Waals surface area contributed by atoms with E-state index in [-0.39, 0.29) is 4.64 Å². The molecule has 2 heterocycles. The fourth-order valence-corrected chi connectivity index (χ4v) is 5.88. The van der Waals surface area contributed by atoms with Crippen LogP contribution in [0.5, 0.6) is 0 Å². The van der Waals surface area contributed by atoms with Gasteiger partial charge >= 0.3 is 11.1 Å². The van der Waals surface area contributed by atoms with Gasteiger partial charge in [-0.1, -0.05) is 12.2 Å². The first-order valence-electron chi connectivity index (χ1n) is 7.61. The Bertz CT molecular complexity index is 1090. The highest BCUT2D eigenvalue weighted by molar-refractivity contribution is 7.73. The van der Waals surface area contributed by atoms with Gasteiger partial charge in [-0.25, -0.2) is 4.79 Å². The Labute approximate surface area is 175 Å². The van der Waals surface area contributed by atoms with Gasteiger partial charge in [0.2, 0.25) is 7.60 Å². The maximum absolute atomic E-state index is 13.2. The molecule has 1 aromatic rings. The predicted molar refractivity (Wildman–Crippen MR) is 86.6 cm³/mol. The Morgan fingerprint density at radius 3 is 2.32 bits per heavy atom. The molecular formula is C10H11F2N2O13P3S-4. The van der Waals surface area contributed by atoms with Crippen LogP contribution < -0.4 is 25.3 Å². The van der Waals surface area contributed by atoms with Gasteiger partial charge in [-0.2, -0.15) is 8.78 Å². The van der Waals surface area contributed by atoms with E-state index in [9.17, 15) is 57.1 Å². The van der Waals surface area contributed by atoms with Crippen LogP contribution in [0.25, 0.3) is 0 Å². The number of aliphatic hydroxyl groups is 2. The van der Waals surface area contributed by atoms with Gasteiger partial charge in [0.25, 0.3) is 7.82 Å². The third-order valence-corrected chi connectivity index (χ3v) is 8.88. The Morgan fingerprint density at radius 1 is 1.23 bits per heavy atom. The quantitative estimate of drug-likeness (QED) is 0.225. The lowest BCUT2D eigenvalue weighted by Crippen LogP contribution is -2.37. The van der Waals surface area contributed by atoms with Gasteiger partial charge < -0.3 is 48.2 Å². The first-order valence-corrected chi connectivity index (χ1v) is 12.6. The number of nitrogens with zero attached hydrogens (tertiary/aromatic N) is 1. The lowest BCUT2D eigenvalue weighted by molar-refractivity contribution is -0.331. The number of alkyl halides is 2. The SMILES string of the molecule is O=c1[nH]c(=S)ccn1C1O[C@H](COP(=O)([O-])OP(=O)([O-])C(F)(F)P(=O)([O-])[O-])[C@@H](O)[C@H]1O. The van der Waals surface area contributed by atoms with E-state index in [4.69, 9.17) is 17.0 Å². The van der Waals surface area contributed by atoms with Gasteiger partial charge in [-0.3, -0.25) is 18.4 Å². The molecule has 15 nitrogen and oxygen atoms in total. The smallest absolute Gasteiger partial charge is 0.332 e. The molecule has 3 N–H and O–H groups in total. The Balaban J connectivity index is 2.12. The van der Waals surface area contributed by atoms with Crippen molar-refractivity contribution in [2.75, 3.05) is 6.61 Å². The first kappa shape index (κ1) is 26.5. The molecule has 3 unspecified atom stereocenters. The number of hydrogen-bond donors (Lipinski definition) is 3. The summed E-state index contributed by atoms with van der Waals surface area (Å²) in [5.74, 6) is 0. The molecule has 1 aromatic heterocycles. The number of phosphoric acid groups is 1. The summed E-state index contributed by atoms with van der Waals surface area (Å²) in [4.78, 5) is 57.5. The van der Waals surface area contributed by atoms with Crippen LogP contribution in [-0.2, 0) is 27.3 Å². The van der Waals surface area contributed by atoms with Crippen molar-refractivity contribution < 1.29 is 65.8 Å². The Morgan fingerprint density at radius 2 is 1.81 bits per heavy atom. The molecule has 178 valence electrons. The minimum atomic E-state index is -7.18. The molecule has 0 aliphatic carbocycles.